The highest BCUT2D eigenvalue weighted by Crippen LogP contribution is 2.44. The number of nitrogens with zero attached hydrogens (tertiary/aromatic N) is 3. The molecule has 0 saturated carbocycles. The van der Waals surface area contributed by atoms with Gasteiger partial charge in [0.15, 0.2) is 5.13 Å². The van der Waals surface area contributed by atoms with Gasteiger partial charge < -0.3 is 10.0 Å². The van der Waals surface area contributed by atoms with Gasteiger partial charge in [-0.05, 0) is 42.4 Å². The number of thiazole rings is 1. The van der Waals surface area contributed by atoms with E-state index < -0.39 is 0 Å². The molecule has 1 saturated heterocycles. The molecule has 2 aliphatic rings. The SMILES string of the molecule is CCc1csc(N2[C@H](CO)[C@@H](c3ccc(C4=CCCC4)cc3)[C@@H]2C#N)n1. The summed E-state index contributed by atoms with van der Waals surface area (Å²) in [5, 5.41) is 22.6. The Morgan fingerprint density at radius 3 is 2.73 bits per heavy atom. The first kappa shape index (κ1) is 17.3. The molecule has 1 fully saturated rings. The highest BCUT2D eigenvalue weighted by Gasteiger charge is 2.50. The molecular weight excluding hydrogens is 342 g/mol. The van der Waals surface area contributed by atoms with Crippen LogP contribution in [0.15, 0.2) is 35.7 Å². The minimum atomic E-state index is -0.278. The summed E-state index contributed by atoms with van der Waals surface area (Å²) in [6.45, 7) is 2.10. The van der Waals surface area contributed by atoms with E-state index in [2.05, 4.69) is 48.3 Å². The van der Waals surface area contributed by atoms with Crippen molar-refractivity contribution in [1.29, 1.82) is 5.26 Å². The van der Waals surface area contributed by atoms with Gasteiger partial charge in [-0.2, -0.15) is 5.26 Å². The van der Waals surface area contributed by atoms with Crippen molar-refractivity contribution >= 4 is 22.0 Å². The number of aromatic nitrogens is 1. The van der Waals surface area contributed by atoms with E-state index in [0.717, 1.165) is 29.2 Å². The predicted molar refractivity (Wildman–Crippen MR) is 105 cm³/mol. The van der Waals surface area contributed by atoms with Crippen LogP contribution in [0, 0.1) is 11.3 Å². The third-order valence-corrected chi connectivity index (χ3v) is 6.46. The van der Waals surface area contributed by atoms with Crippen LogP contribution in [-0.2, 0) is 6.42 Å². The summed E-state index contributed by atoms with van der Waals surface area (Å²) in [5.41, 5.74) is 4.87. The van der Waals surface area contributed by atoms with Gasteiger partial charge in [0.25, 0.3) is 0 Å². The molecule has 3 atom stereocenters. The van der Waals surface area contributed by atoms with Gasteiger partial charge in [-0.25, -0.2) is 4.98 Å². The lowest BCUT2D eigenvalue weighted by atomic mass is 9.76. The van der Waals surface area contributed by atoms with Gasteiger partial charge in [0.2, 0.25) is 0 Å². The van der Waals surface area contributed by atoms with Gasteiger partial charge in [0.05, 0.1) is 24.4 Å². The van der Waals surface area contributed by atoms with Crippen LogP contribution >= 0.6 is 11.3 Å². The maximum atomic E-state index is 9.97. The number of rotatable bonds is 5. The lowest BCUT2D eigenvalue weighted by Crippen LogP contribution is -2.63. The Morgan fingerprint density at radius 2 is 2.15 bits per heavy atom. The van der Waals surface area contributed by atoms with Crippen molar-refractivity contribution < 1.29 is 5.11 Å². The number of nitriles is 1. The van der Waals surface area contributed by atoms with E-state index in [0.29, 0.717) is 0 Å². The van der Waals surface area contributed by atoms with Crippen molar-refractivity contribution in [3.8, 4) is 6.07 Å². The van der Waals surface area contributed by atoms with Crippen LogP contribution in [0.5, 0.6) is 0 Å². The molecular formula is C21H23N3OS. The molecule has 1 aromatic heterocycles. The second-order valence-electron chi connectivity index (χ2n) is 6.98. The van der Waals surface area contributed by atoms with E-state index in [9.17, 15) is 10.4 Å². The van der Waals surface area contributed by atoms with E-state index >= 15 is 0 Å². The molecule has 4 nitrogen and oxygen atoms in total. The second kappa shape index (κ2) is 7.22. The first-order valence-corrected chi connectivity index (χ1v) is 10.2. The topological polar surface area (TPSA) is 60.1 Å². The van der Waals surface area contributed by atoms with E-state index in [1.165, 1.54) is 24.0 Å². The maximum absolute atomic E-state index is 9.97. The molecule has 1 N–H and O–H groups in total. The molecule has 134 valence electrons. The van der Waals surface area contributed by atoms with Crippen LogP contribution in [0.2, 0.25) is 0 Å². The molecule has 1 aromatic carbocycles. The summed E-state index contributed by atoms with van der Waals surface area (Å²) in [4.78, 5) is 6.60. The van der Waals surface area contributed by atoms with Crippen LogP contribution in [0.1, 0.15) is 48.9 Å². The van der Waals surface area contributed by atoms with E-state index in [1.54, 1.807) is 11.3 Å². The minimum Gasteiger partial charge on any atom is -0.394 e. The Morgan fingerprint density at radius 1 is 1.35 bits per heavy atom. The fourth-order valence-electron chi connectivity index (χ4n) is 4.10. The normalized spacial score (nSPS) is 24.9. The molecule has 2 heterocycles. The highest BCUT2D eigenvalue weighted by atomic mass is 32.1. The molecule has 5 heteroatoms. The van der Waals surface area contributed by atoms with Crippen molar-refractivity contribution in [3.63, 3.8) is 0 Å². The molecule has 4 rings (SSSR count). The number of hydrogen-bond donors (Lipinski definition) is 1. The molecule has 26 heavy (non-hydrogen) atoms. The summed E-state index contributed by atoms with van der Waals surface area (Å²) >= 11 is 1.56. The first-order valence-electron chi connectivity index (χ1n) is 9.29. The average Bonchev–Trinajstić information content (AvgIpc) is 3.34. The summed E-state index contributed by atoms with van der Waals surface area (Å²) in [7, 11) is 0. The van der Waals surface area contributed by atoms with Gasteiger partial charge in [-0.3, -0.25) is 0 Å². The highest BCUT2D eigenvalue weighted by molar-refractivity contribution is 7.13. The lowest BCUT2D eigenvalue weighted by Gasteiger charge is -2.51. The Balaban J connectivity index is 1.59. The van der Waals surface area contributed by atoms with E-state index in [-0.39, 0.29) is 24.6 Å². The van der Waals surface area contributed by atoms with Crippen LogP contribution in [0.25, 0.3) is 5.57 Å². The number of anilines is 1. The fourth-order valence-corrected chi connectivity index (χ4v) is 5.10. The summed E-state index contributed by atoms with van der Waals surface area (Å²) < 4.78 is 0. The van der Waals surface area contributed by atoms with Gasteiger partial charge in [0.1, 0.15) is 6.04 Å². The fraction of sp³-hybridized carbons (Fsp3) is 0.429. The largest absolute Gasteiger partial charge is 0.394 e. The minimum absolute atomic E-state index is 0.0191. The van der Waals surface area contributed by atoms with Crippen LogP contribution in [0.3, 0.4) is 0 Å². The summed E-state index contributed by atoms with van der Waals surface area (Å²) in [6.07, 6.45) is 6.77. The number of aliphatic hydroxyl groups excluding tert-OH is 1. The van der Waals surface area contributed by atoms with Crippen molar-refractivity contribution in [3.05, 3.63) is 52.5 Å². The van der Waals surface area contributed by atoms with Gasteiger partial charge in [-0.15, -0.1) is 11.3 Å². The van der Waals surface area contributed by atoms with Crippen LogP contribution in [-0.4, -0.2) is 28.8 Å². The van der Waals surface area contributed by atoms with Gasteiger partial charge >= 0.3 is 0 Å². The van der Waals surface area contributed by atoms with Gasteiger partial charge in [-0.1, -0.05) is 37.3 Å². The molecule has 1 aliphatic heterocycles. The van der Waals surface area contributed by atoms with Crippen molar-refractivity contribution in [1.82, 2.24) is 4.98 Å². The molecule has 0 amide bonds. The molecule has 0 radical (unpaired) electrons. The van der Waals surface area contributed by atoms with E-state index in [1.807, 2.05) is 10.3 Å². The molecule has 2 aromatic rings. The maximum Gasteiger partial charge on any atom is 0.186 e. The molecule has 0 unspecified atom stereocenters. The Bertz CT molecular complexity index is 849. The Kier molecular flexibility index (Phi) is 4.80. The number of hydrogen-bond acceptors (Lipinski definition) is 5. The smallest absolute Gasteiger partial charge is 0.186 e. The molecule has 1 aliphatic carbocycles. The Hall–Kier alpha value is -2.16. The van der Waals surface area contributed by atoms with Crippen LogP contribution < -0.4 is 4.90 Å². The zero-order chi connectivity index (χ0) is 18.1. The zero-order valence-corrected chi connectivity index (χ0v) is 15.7. The third-order valence-electron chi connectivity index (χ3n) is 5.56. The molecule has 0 bridgehead atoms. The third kappa shape index (κ3) is 2.84. The van der Waals surface area contributed by atoms with Crippen molar-refractivity contribution in [2.45, 2.75) is 50.6 Å². The quantitative estimate of drug-likeness (QED) is 0.865. The number of benzene rings is 1. The van der Waals surface area contributed by atoms with Crippen molar-refractivity contribution in [2.24, 2.45) is 0 Å². The zero-order valence-electron chi connectivity index (χ0n) is 14.9. The Labute approximate surface area is 158 Å². The first-order chi connectivity index (χ1) is 12.8. The monoisotopic (exact) mass is 365 g/mol. The summed E-state index contributed by atoms with van der Waals surface area (Å²) in [6, 6.07) is 10.6. The number of aliphatic hydroxyl groups is 1. The number of allylic oxidation sites excluding steroid dienone is 2. The van der Waals surface area contributed by atoms with E-state index in [4.69, 9.17) is 0 Å². The molecule has 0 spiro atoms. The lowest BCUT2D eigenvalue weighted by molar-refractivity contribution is 0.187. The second-order valence-corrected chi connectivity index (χ2v) is 7.81. The standard InChI is InChI=1S/C21H23N3OS/c1-2-17-13-26-21(23-17)24-18(11-22)20(19(24)12-25)16-9-7-15(8-10-16)14-5-3-4-6-14/h5,7-10,13,18-20,25H,2-4,6,12H2,1H3/t18-,19+,20-/m0/s1. The van der Waals surface area contributed by atoms with Crippen molar-refractivity contribution in [2.75, 3.05) is 11.5 Å². The predicted octanol–water partition coefficient (Wildman–Crippen LogP) is 4.13. The average molecular weight is 366 g/mol. The summed E-state index contributed by atoms with van der Waals surface area (Å²) in [5.74, 6) is 0.0191. The van der Waals surface area contributed by atoms with Crippen LogP contribution in [0.4, 0.5) is 5.13 Å². The number of aryl methyl sites for hydroxylation is 1. The van der Waals surface area contributed by atoms with Gasteiger partial charge in [0, 0.05) is 11.3 Å².